The van der Waals surface area contributed by atoms with Crippen molar-refractivity contribution in [2.24, 2.45) is 0 Å². The van der Waals surface area contributed by atoms with Gasteiger partial charge in [-0.2, -0.15) is 8.78 Å². The number of piperidine rings is 1. The lowest BCUT2D eigenvalue weighted by Crippen LogP contribution is -2.54. The van der Waals surface area contributed by atoms with E-state index in [9.17, 15) is 13.6 Å². The second-order valence-electron chi connectivity index (χ2n) is 9.37. The fraction of sp³-hybridized carbons (Fsp3) is 0.440. The Hall–Kier alpha value is -2.86. The summed E-state index contributed by atoms with van der Waals surface area (Å²) in [5.41, 5.74) is 2.52. The van der Waals surface area contributed by atoms with Crippen LogP contribution in [0.3, 0.4) is 0 Å². The molecule has 1 aromatic carbocycles. The summed E-state index contributed by atoms with van der Waals surface area (Å²) in [6, 6.07) is 7.38. The molecule has 2 aromatic heterocycles. The number of hydrogen-bond donors (Lipinski definition) is 0. The molecule has 9 nitrogen and oxygen atoms in total. The molecule has 2 aliphatic rings. The van der Waals surface area contributed by atoms with Crippen LogP contribution in [-0.4, -0.2) is 71.9 Å². The summed E-state index contributed by atoms with van der Waals surface area (Å²) in [7, 11) is 1.87. The first-order valence-corrected chi connectivity index (χ1v) is 12.9. The SMILES string of the molecule is CN(Cc1ccc(-c2nnc(C(F)F)o2)cn1)c1cc(Cl)c(Cl)cc1N(C=O)C1CCN(C2COC2)CC1. The standard InChI is InChI=1S/C25H26Cl2F2N6O3/c1-33(11-16-3-2-15(10-30-16)24-31-32-25(38-24)23(28)29)21-8-19(26)20(27)9-22(21)35(14-36)17-4-6-34(7-5-17)18-12-37-13-18/h2-3,8-10,14,17-18,23H,4-7,11-13H2,1H3. The number of carbonyl (C=O) groups excluding carboxylic acids is 1. The number of ether oxygens (including phenoxy) is 1. The maximum Gasteiger partial charge on any atom is 0.314 e. The molecule has 0 aliphatic carbocycles. The van der Waals surface area contributed by atoms with Gasteiger partial charge in [-0.15, -0.1) is 10.2 Å². The lowest BCUT2D eigenvalue weighted by atomic mass is 10.00. The molecule has 38 heavy (non-hydrogen) atoms. The number of amides is 1. The van der Waals surface area contributed by atoms with Gasteiger partial charge in [0.05, 0.1) is 58.5 Å². The Morgan fingerprint density at radius 3 is 2.39 bits per heavy atom. The van der Waals surface area contributed by atoms with Gasteiger partial charge in [-0.1, -0.05) is 23.2 Å². The molecule has 13 heteroatoms. The van der Waals surface area contributed by atoms with E-state index in [0.29, 0.717) is 39.6 Å². The second-order valence-corrected chi connectivity index (χ2v) is 10.2. The first-order valence-electron chi connectivity index (χ1n) is 12.2. The third-order valence-corrected chi connectivity index (χ3v) is 7.67. The number of pyridine rings is 1. The number of alkyl halides is 2. The molecule has 0 spiro atoms. The lowest BCUT2D eigenvalue weighted by molar-refractivity contribution is -0.108. The van der Waals surface area contributed by atoms with Gasteiger partial charge < -0.3 is 19.0 Å². The average molecular weight is 567 g/mol. The van der Waals surface area contributed by atoms with Crippen LogP contribution in [0.25, 0.3) is 11.5 Å². The van der Waals surface area contributed by atoms with Crippen LogP contribution in [0.4, 0.5) is 20.2 Å². The maximum atomic E-state index is 12.8. The minimum Gasteiger partial charge on any atom is -0.415 e. The van der Waals surface area contributed by atoms with Crippen molar-refractivity contribution in [3.8, 4) is 11.5 Å². The van der Waals surface area contributed by atoms with Gasteiger partial charge >= 0.3 is 6.43 Å². The molecule has 202 valence electrons. The maximum absolute atomic E-state index is 12.8. The van der Waals surface area contributed by atoms with Crippen molar-refractivity contribution in [2.75, 3.05) is 43.2 Å². The zero-order valence-electron chi connectivity index (χ0n) is 20.6. The molecular formula is C25H26Cl2F2N6O3. The van der Waals surface area contributed by atoms with Crippen LogP contribution in [0.15, 0.2) is 34.9 Å². The van der Waals surface area contributed by atoms with Crippen molar-refractivity contribution in [2.45, 2.75) is 37.9 Å². The number of anilines is 2. The van der Waals surface area contributed by atoms with Gasteiger partial charge in [-0.25, -0.2) is 0 Å². The number of carbonyl (C=O) groups is 1. The van der Waals surface area contributed by atoms with E-state index in [1.165, 1.54) is 6.20 Å². The molecule has 0 saturated carbocycles. The summed E-state index contributed by atoms with van der Waals surface area (Å²) in [6.07, 6.45) is 1.18. The minimum atomic E-state index is -2.84. The van der Waals surface area contributed by atoms with Gasteiger partial charge in [0.15, 0.2) is 0 Å². The van der Waals surface area contributed by atoms with Crippen molar-refractivity contribution >= 4 is 41.0 Å². The Morgan fingerprint density at radius 1 is 1.13 bits per heavy atom. The first-order chi connectivity index (χ1) is 18.3. The molecule has 2 saturated heterocycles. The molecule has 1 amide bonds. The Morgan fingerprint density at radius 2 is 1.84 bits per heavy atom. The highest BCUT2D eigenvalue weighted by molar-refractivity contribution is 6.42. The fourth-order valence-electron chi connectivity index (χ4n) is 4.75. The largest absolute Gasteiger partial charge is 0.415 e. The van der Waals surface area contributed by atoms with Crippen molar-refractivity contribution < 1.29 is 22.7 Å². The van der Waals surface area contributed by atoms with Gasteiger partial charge in [0.25, 0.3) is 5.89 Å². The van der Waals surface area contributed by atoms with E-state index in [-0.39, 0.29) is 11.9 Å². The number of benzene rings is 1. The van der Waals surface area contributed by atoms with E-state index in [0.717, 1.165) is 51.2 Å². The molecule has 2 fully saturated rings. The summed E-state index contributed by atoms with van der Waals surface area (Å²) in [5.74, 6) is -0.768. The molecule has 4 heterocycles. The van der Waals surface area contributed by atoms with E-state index >= 15 is 0 Å². The van der Waals surface area contributed by atoms with E-state index in [1.54, 1.807) is 29.2 Å². The monoisotopic (exact) mass is 566 g/mol. The molecule has 3 aromatic rings. The Balaban J connectivity index is 1.33. The highest BCUT2D eigenvalue weighted by Crippen LogP contribution is 2.39. The number of hydrogen-bond acceptors (Lipinski definition) is 8. The van der Waals surface area contributed by atoms with Crippen LogP contribution in [0.1, 0.15) is 30.9 Å². The summed E-state index contributed by atoms with van der Waals surface area (Å²) in [4.78, 5) is 22.9. The van der Waals surface area contributed by atoms with Gasteiger partial charge in [0.2, 0.25) is 12.3 Å². The minimum absolute atomic E-state index is 0.0269. The number of aromatic nitrogens is 3. The van der Waals surface area contributed by atoms with Gasteiger partial charge in [-0.3, -0.25) is 14.7 Å². The average Bonchev–Trinajstić information content (AvgIpc) is 3.38. The van der Waals surface area contributed by atoms with E-state index in [1.807, 2.05) is 11.9 Å². The normalized spacial score (nSPS) is 17.0. The third kappa shape index (κ3) is 5.61. The summed E-state index contributed by atoms with van der Waals surface area (Å²) < 4.78 is 35.8. The van der Waals surface area contributed by atoms with E-state index in [2.05, 4.69) is 20.1 Å². The topological polar surface area (TPSA) is 87.8 Å². The zero-order valence-corrected chi connectivity index (χ0v) is 22.1. The summed E-state index contributed by atoms with van der Waals surface area (Å²) >= 11 is 12.8. The summed E-state index contributed by atoms with van der Waals surface area (Å²) in [6.45, 7) is 3.70. The quantitative estimate of drug-likeness (QED) is 0.340. The zero-order chi connectivity index (χ0) is 26.8. The number of nitrogens with zero attached hydrogens (tertiary/aromatic N) is 6. The van der Waals surface area contributed by atoms with Crippen LogP contribution in [0.5, 0.6) is 0 Å². The van der Waals surface area contributed by atoms with Gasteiger partial charge in [-0.05, 0) is 37.1 Å². The highest BCUT2D eigenvalue weighted by Gasteiger charge is 2.33. The van der Waals surface area contributed by atoms with Crippen molar-refractivity contribution in [3.05, 3.63) is 52.1 Å². The lowest BCUT2D eigenvalue weighted by Gasteiger charge is -2.43. The van der Waals surface area contributed by atoms with Crippen LogP contribution in [0.2, 0.25) is 10.0 Å². The predicted molar refractivity (Wildman–Crippen MR) is 139 cm³/mol. The number of rotatable bonds is 9. The molecule has 0 bridgehead atoms. The molecular weight excluding hydrogens is 541 g/mol. The number of likely N-dealkylation sites (tertiary alicyclic amines) is 1. The molecule has 2 aliphatic heterocycles. The van der Waals surface area contributed by atoms with E-state index < -0.39 is 12.3 Å². The Kier molecular flexibility index (Phi) is 8.08. The number of halogens is 4. The first kappa shape index (κ1) is 26.7. The molecule has 0 atom stereocenters. The van der Waals surface area contributed by atoms with Gasteiger partial charge in [0, 0.05) is 32.4 Å². The molecule has 0 radical (unpaired) electrons. The highest BCUT2D eigenvalue weighted by atomic mass is 35.5. The van der Waals surface area contributed by atoms with Crippen molar-refractivity contribution in [3.63, 3.8) is 0 Å². The summed E-state index contributed by atoms with van der Waals surface area (Å²) in [5, 5.41) is 7.73. The smallest absolute Gasteiger partial charge is 0.314 e. The Labute approximate surface area is 228 Å². The van der Waals surface area contributed by atoms with Crippen LogP contribution in [-0.2, 0) is 16.1 Å². The molecule has 0 unspecified atom stereocenters. The van der Waals surface area contributed by atoms with E-state index in [4.69, 9.17) is 32.4 Å². The molecule has 0 N–H and O–H groups in total. The van der Waals surface area contributed by atoms with Crippen LogP contribution < -0.4 is 9.80 Å². The predicted octanol–water partition coefficient (Wildman–Crippen LogP) is 4.84. The van der Waals surface area contributed by atoms with Crippen molar-refractivity contribution in [1.29, 1.82) is 0 Å². The fourth-order valence-corrected chi connectivity index (χ4v) is 5.07. The van der Waals surface area contributed by atoms with Crippen molar-refractivity contribution in [1.82, 2.24) is 20.1 Å². The van der Waals surface area contributed by atoms with Crippen LogP contribution >= 0.6 is 23.2 Å². The Bertz CT molecular complexity index is 1270. The third-order valence-electron chi connectivity index (χ3n) is 6.95. The second kappa shape index (κ2) is 11.5. The van der Waals surface area contributed by atoms with Crippen LogP contribution in [0, 0.1) is 0 Å². The molecule has 5 rings (SSSR count). The van der Waals surface area contributed by atoms with Gasteiger partial charge in [0.1, 0.15) is 0 Å².